The second-order valence-corrected chi connectivity index (χ2v) is 12.3. The molecule has 22 heavy (non-hydrogen) atoms. The number of hydrogen-bond donors (Lipinski definition) is 1. The van der Waals surface area contributed by atoms with Crippen LogP contribution in [0.25, 0.3) is 0 Å². The number of H-pyrrole nitrogens is 1. The lowest BCUT2D eigenvalue weighted by Crippen LogP contribution is -2.52. The molecular formula is C15H26N2O4Si. The van der Waals surface area contributed by atoms with Crippen LogP contribution >= 0.6 is 0 Å². The van der Waals surface area contributed by atoms with Crippen LogP contribution in [0.3, 0.4) is 0 Å². The van der Waals surface area contributed by atoms with Gasteiger partial charge in [0, 0.05) is 18.2 Å². The highest BCUT2D eigenvalue weighted by Gasteiger charge is 2.44. The summed E-state index contributed by atoms with van der Waals surface area (Å²) < 4.78 is 13.4. The fraction of sp³-hybridized carbons (Fsp3) is 0.733. The van der Waals surface area contributed by atoms with Gasteiger partial charge in [-0.05, 0) is 18.1 Å². The molecule has 1 fully saturated rings. The Bertz CT molecular complexity index is 644. The molecule has 0 unspecified atom stereocenters. The van der Waals surface area contributed by atoms with Gasteiger partial charge in [0.1, 0.15) is 6.23 Å². The van der Waals surface area contributed by atoms with E-state index in [0.717, 1.165) is 0 Å². The zero-order valence-electron chi connectivity index (χ0n) is 14.2. The Hall–Kier alpha value is -1.18. The number of hydrogen-bond acceptors (Lipinski definition) is 4. The molecule has 7 heteroatoms. The standard InChI is InChI=1S/C15H26N2O4Si/c1-10-11(9-20-22(5,6)15(2,3)4)21-13(10)17-8-7-12(18)16-14(17)19/h7-8,10-11,13H,9H2,1-6H3,(H,16,18,19)/t10-,11-,13-/m1/s1. The van der Waals surface area contributed by atoms with E-state index < -0.39 is 19.6 Å². The Morgan fingerprint density at radius 3 is 2.50 bits per heavy atom. The van der Waals surface area contributed by atoms with Gasteiger partial charge in [-0.25, -0.2) is 4.79 Å². The van der Waals surface area contributed by atoms with Gasteiger partial charge in [-0.2, -0.15) is 0 Å². The van der Waals surface area contributed by atoms with Crippen molar-refractivity contribution in [3.05, 3.63) is 33.1 Å². The Balaban J connectivity index is 1.97. The Morgan fingerprint density at radius 1 is 1.36 bits per heavy atom. The second kappa shape index (κ2) is 5.79. The fourth-order valence-corrected chi connectivity index (χ4v) is 3.18. The summed E-state index contributed by atoms with van der Waals surface area (Å²) in [5.74, 6) is 0.161. The van der Waals surface area contributed by atoms with Crippen molar-refractivity contribution in [2.45, 2.75) is 58.2 Å². The van der Waals surface area contributed by atoms with Crippen LogP contribution in [0, 0.1) is 5.92 Å². The molecule has 0 radical (unpaired) electrons. The first-order chi connectivity index (χ1) is 10.0. The molecule has 0 spiro atoms. The summed E-state index contributed by atoms with van der Waals surface area (Å²) in [4.78, 5) is 25.1. The molecule has 1 aliphatic rings. The first kappa shape index (κ1) is 17.2. The third kappa shape index (κ3) is 3.26. The Kier molecular flexibility index (Phi) is 4.52. The minimum Gasteiger partial charge on any atom is -0.414 e. The van der Waals surface area contributed by atoms with Crippen LogP contribution in [0.4, 0.5) is 0 Å². The van der Waals surface area contributed by atoms with Crippen LogP contribution in [0.1, 0.15) is 33.9 Å². The molecule has 0 saturated carbocycles. The summed E-state index contributed by atoms with van der Waals surface area (Å²) >= 11 is 0. The predicted octanol–water partition coefficient (Wildman–Crippen LogP) is 2.09. The maximum absolute atomic E-state index is 11.8. The Morgan fingerprint density at radius 2 is 2.00 bits per heavy atom. The molecule has 0 aliphatic carbocycles. The van der Waals surface area contributed by atoms with E-state index in [1.54, 1.807) is 0 Å². The van der Waals surface area contributed by atoms with Crippen LogP contribution < -0.4 is 11.2 Å². The molecule has 1 aliphatic heterocycles. The largest absolute Gasteiger partial charge is 0.414 e. The van der Waals surface area contributed by atoms with Crippen molar-refractivity contribution in [3.63, 3.8) is 0 Å². The summed E-state index contributed by atoms with van der Waals surface area (Å²) in [6.45, 7) is 13.6. The number of aromatic amines is 1. The molecule has 6 nitrogen and oxygen atoms in total. The number of nitrogens with zero attached hydrogens (tertiary/aromatic N) is 1. The van der Waals surface area contributed by atoms with E-state index in [0.29, 0.717) is 6.61 Å². The van der Waals surface area contributed by atoms with Gasteiger partial charge in [-0.1, -0.05) is 27.7 Å². The van der Waals surface area contributed by atoms with E-state index in [2.05, 4.69) is 38.8 Å². The summed E-state index contributed by atoms with van der Waals surface area (Å²) in [6, 6.07) is 1.33. The maximum atomic E-state index is 11.8. The van der Waals surface area contributed by atoms with Gasteiger partial charge in [-0.15, -0.1) is 0 Å². The zero-order chi connectivity index (χ0) is 16.7. The van der Waals surface area contributed by atoms with Gasteiger partial charge < -0.3 is 9.16 Å². The van der Waals surface area contributed by atoms with E-state index in [1.807, 2.05) is 6.92 Å². The molecule has 1 aromatic rings. The van der Waals surface area contributed by atoms with Crippen molar-refractivity contribution in [3.8, 4) is 0 Å². The second-order valence-electron chi connectivity index (χ2n) is 7.51. The van der Waals surface area contributed by atoms with Crippen LogP contribution in [-0.4, -0.2) is 30.6 Å². The third-order valence-electron chi connectivity index (χ3n) is 4.89. The Labute approximate surface area is 131 Å². The number of ether oxygens (including phenoxy) is 1. The first-order valence-electron chi connectivity index (χ1n) is 7.64. The molecule has 1 N–H and O–H groups in total. The van der Waals surface area contributed by atoms with E-state index in [-0.39, 0.29) is 23.3 Å². The smallest absolute Gasteiger partial charge is 0.330 e. The van der Waals surface area contributed by atoms with E-state index in [9.17, 15) is 9.59 Å². The minimum atomic E-state index is -1.80. The van der Waals surface area contributed by atoms with E-state index >= 15 is 0 Å². The van der Waals surface area contributed by atoms with Crippen LogP contribution in [0.5, 0.6) is 0 Å². The molecule has 3 atom stereocenters. The highest BCUT2D eigenvalue weighted by Crippen LogP contribution is 2.40. The molecule has 0 aromatic carbocycles. The number of rotatable bonds is 4. The van der Waals surface area contributed by atoms with Crippen molar-refractivity contribution < 1.29 is 9.16 Å². The molecule has 1 saturated heterocycles. The fourth-order valence-electron chi connectivity index (χ4n) is 2.17. The lowest BCUT2D eigenvalue weighted by atomic mass is 9.97. The topological polar surface area (TPSA) is 73.3 Å². The monoisotopic (exact) mass is 326 g/mol. The van der Waals surface area contributed by atoms with Gasteiger partial charge in [0.2, 0.25) is 0 Å². The normalized spacial score (nSPS) is 25.8. The average molecular weight is 326 g/mol. The number of nitrogens with one attached hydrogen (secondary N) is 1. The van der Waals surface area contributed by atoms with Crippen LogP contribution in [0.2, 0.25) is 18.1 Å². The van der Waals surface area contributed by atoms with Gasteiger partial charge in [0.15, 0.2) is 8.32 Å². The number of aromatic nitrogens is 2. The van der Waals surface area contributed by atoms with Crippen molar-refractivity contribution in [2.75, 3.05) is 6.61 Å². The van der Waals surface area contributed by atoms with Gasteiger partial charge >= 0.3 is 5.69 Å². The van der Waals surface area contributed by atoms with Gasteiger partial charge in [0.05, 0.1) is 12.7 Å². The van der Waals surface area contributed by atoms with Gasteiger partial charge in [0.25, 0.3) is 5.56 Å². The van der Waals surface area contributed by atoms with Crippen molar-refractivity contribution in [2.24, 2.45) is 5.92 Å². The molecular weight excluding hydrogens is 300 g/mol. The highest BCUT2D eigenvalue weighted by atomic mass is 28.4. The molecule has 1 aromatic heterocycles. The molecule has 2 rings (SSSR count). The third-order valence-corrected chi connectivity index (χ3v) is 9.39. The predicted molar refractivity (Wildman–Crippen MR) is 87.5 cm³/mol. The van der Waals surface area contributed by atoms with Crippen molar-refractivity contribution in [1.82, 2.24) is 9.55 Å². The highest BCUT2D eigenvalue weighted by molar-refractivity contribution is 6.74. The van der Waals surface area contributed by atoms with Gasteiger partial charge in [-0.3, -0.25) is 14.3 Å². The average Bonchev–Trinajstić information content (AvgIpc) is 2.37. The summed E-state index contributed by atoms with van der Waals surface area (Å²) in [6.07, 6.45) is 1.13. The molecule has 2 heterocycles. The summed E-state index contributed by atoms with van der Waals surface area (Å²) in [5.41, 5.74) is -0.834. The molecule has 0 bridgehead atoms. The molecule has 0 amide bonds. The lowest BCUT2D eigenvalue weighted by Gasteiger charge is -2.45. The quantitative estimate of drug-likeness (QED) is 0.860. The van der Waals surface area contributed by atoms with E-state index in [1.165, 1.54) is 16.8 Å². The summed E-state index contributed by atoms with van der Waals surface area (Å²) in [7, 11) is -1.80. The molecule has 124 valence electrons. The SMILES string of the molecule is C[C@H]1[C@H](n2ccc(=O)[nH]c2=O)O[C@@H]1CO[Si](C)(C)C(C)(C)C. The van der Waals surface area contributed by atoms with Crippen LogP contribution in [-0.2, 0) is 9.16 Å². The van der Waals surface area contributed by atoms with Crippen molar-refractivity contribution in [1.29, 1.82) is 0 Å². The maximum Gasteiger partial charge on any atom is 0.330 e. The zero-order valence-corrected chi connectivity index (χ0v) is 15.2. The first-order valence-corrected chi connectivity index (χ1v) is 10.5. The minimum absolute atomic E-state index is 0.0158. The van der Waals surface area contributed by atoms with Crippen molar-refractivity contribution >= 4 is 8.32 Å². The summed E-state index contributed by atoms with van der Waals surface area (Å²) in [5, 5.41) is 0.162. The lowest BCUT2D eigenvalue weighted by molar-refractivity contribution is -0.228. The van der Waals surface area contributed by atoms with E-state index in [4.69, 9.17) is 9.16 Å². The van der Waals surface area contributed by atoms with Crippen LogP contribution in [0.15, 0.2) is 21.9 Å².